The molecule has 2 heterocycles. The van der Waals surface area contributed by atoms with Gasteiger partial charge in [0.15, 0.2) is 0 Å². The van der Waals surface area contributed by atoms with Crippen LogP contribution in [-0.2, 0) is 5.41 Å². The van der Waals surface area contributed by atoms with Gasteiger partial charge in [0, 0.05) is 22.8 Å². The lowest BCUT2D eigenvalue weighted by Gasteiger charge is -2.22. The van der Waals surface area contributed by atoms with Crippen LogP contribution in [0.4, 0.5) is 0 Å². The first kappa shape index (κ1) is 33.8. The van der Waals surface area contributed by atoms with E-state index in [0.29, 0.717) is 28.1 Å². The monoisotopic (exact) mass is 763 g/mol. The Hall–Kier alpha value is -6.26. The van der Waals surface area contributed by atoms with Crippen molar-refractivity contribution in [1.29, 1.82) is 0 Å². The van der Waals surface area contributed by atoms with Gasteiger partial charge in [0.25, 0.3) is 0 Å². The zero-order valence-corrected chi connectivity index (χ0v) is 34.6. The van der Waals surface area contributed by atoms with Crippen LogP contribution in [0, 0.1) is 13.8 Å². The van der Waals surface area contributed by atoms with E-state index in [0.717, 1.165) is 61.3 Å². The van der Waals surface area contributed by atoms with Gasteiger partial charge in [-0.15, -0.1) is 0 Å². The van der Waals surface area contributed by atoms with Gasteiger partial charge in [-0.2, -0.15) is 0 Å². The summed E-state index contributed by atoms with van der Waals surface area (Å²) in [5.41, 5.74) is 13.8. The standard InChI is InChI=1S/C54H53N3O/c1-33(2)43-15-12-16-44(34(3)4)51(43)39-24-25-48(36(6)28-39)57-49-18-13-17-45(52(49)56-53(57)46-14-10-11-19-50(46)58)40-29-41(31-42(30-40)54(7,8)9)47-32-38(26-27-55-47)37-22-20-35(5)21-23-37/h10-34,58H,1-9H3/i6D3,33D. The quantitative estimate of drug-likeness (QED) is 0.168. The molecule has 0 aliphatic rings. The van der Waals surface area contributed by atoms with Crippen molar-refractivity contribution in [3.8, 4) is 67.5 Å². The van der Waals surface area contributed by atoms with E-state index in [4.69, 9.17) is 15.5 Å². The van der Waals surface area contributed by atoms with E-state index in [2.05, 4.69) is 102 Å². The summed E-state index contributed by atoms with van der Waals surface area (Å²) in [4.78, 5) is 10.2. The molecule has 0 fully saturated rings. The largest absolute Gasteiger partial charge is 0.507 e. The number of fused-ring (bicyclic) bond motifs is 1. The topological polar surface area (TPSA) is 50.9 Å². The zero-order chi connectivity index (χ0) is 44.3. The van der Waals surface area contributed by atoms with Crippen molar-refractivity contribution in [3.05, 3.63) is 167 Å². The minimum Gasteiger partial charge on any atom is -0.507 e. The first-order chi connectivity index (χ1) is 29.3. The normalized spacial score (nSPS) is 13.3. The maximum absolute atomic E-state index is 11.4. The highest BCUT2D eigenvalue weighted by Gasteiger charge is 2.24. The summed E-state index contributed by atoms with van der Waals surface area (Å²) in [6.07, 6.45) is 1.86. The second-order valence-corrected chi connectivity index (χ2v) is 17.0. The third kappa shape index (κ3) is 7.24. The van der Waals surface area contributed by atoms with Crippen LogP contribution in [0.5, 0.6) is 5.75 Å². The molecule has 8 rings (SSSR count). The average molecular weight is 764 g/mol. The molecule has 0 aliphatic carbocycles. The highest BCUT2D eigenvalue weighted by atomic mass is 16.3. The number of rotatable bonds is 8. The molecule has 0 spiro atoms. The van der Waals surface area contributed by atoms with Crippen LogP contribution in [0.1, 0.15) is 93.6 Å². The third-order valence-corrected chi connectivity index (χ3v) is 11.2. The summed E-state index contributed by atoms with van der Waals surface area (Å²) >= 11 is 0. The van der Waals surface area contributed by atoms with E-state index >= 15 is 0 Å². The SMILES string of the molecule is [2H]C([2H])([2H])c1cc(-c2c(C(C)C)cccc2C([2H])(C)C)ccc1-n1c(-c2ccccc2O)nc2c(-c3cc(-c4cc(-c5ccc(C)cc5)ccn4)cc(C(C)(C)C)c3)cccc21. The Kier molecular flexibility index (Phi) is 8.90. The Balaban J connectivity index is 1.39. The maximum atomic E-state index is 11.4. The summed E-state index contributed by atoms with van der Waals surface area (Å²) in [6, 6.07) is 43.9. The molecule has 0 saturated heterocycles. The zero-order valence-electron chi connectivity index (χ0n) is 38.6. The van der Waals surface area contributed by atoms with E-state index < -0.39 is 12.7 Å². The summed E-state index contributed by atoms with van der Waals surface area (Å²) in [6.45, 7) is 14.1. The molecule has 0 atom stereocenters. The van der Waals surface area contributed by atoms with Gasteiger partial charge in [-0.25, -0.2) is 4.98 Å². The van der Waals surface area contributed by atoms with Crippen LogP contribution >= 0.6 is 0 Å². The van der Waals surface area contributed by atoms with Gasteiger partial charge in [0.05, 0.1) is 28.0 Å². The molecule has 0 unspecified atom stereocenters. The molecular formula is C54H53N3O. The van der Waals surface area contributed by atoms with Crippen LogP contribution in [-0.4, -0.2) is 19.6 Å². The number of aromatic nitrogens is 3. The van der Waals surface area contributed by atoms with Gasteiger partial charge in [0.1, 0.15) is 11.6 Å². The van der Waals surface area contributed by atoms with Crippen molar-refractivity contribution in [2.75, 3.05) is 0 Å². The Morgan fingerprint density at radius 3 is 2.10 bits per heavy atom. The Morgan fingerprint density at radius 2 is 1.38 bits per heavy atom. The van der Waals surface area contributed by atoms with Gasteiger partial charge in [0.2, 0.25) is 0 Å². The fraction of sp³-hybridized carbons (Fsp3) is 0.222. The van der Waals surface area contributed by atoms with Crippen molar-refractivity contribution in [2.24, 2.45) is 0 Å². The maximum Gasteiger partial charge on any atom is 0.149 e. The van der Waals surface area contributed by atoms with Gasteiger partial charge in [-0.1, -0.05) is 133 Å². The number of pyridine rings is 1. The first-order valence-corrected chi connectivity index (χ1v) is 20.1. The van der Waals surface area contributed by atoms with Crippen LogP contribution < -0.4 is 0 Å². The molecule has 6 aromatic carbocycles. The number of imidazole rings is 1. The Labute approximate surface area is 349 Å². The van der Waals surface area contributed by atoms with Gasteiger partial charge < -0.3 is 5.11 Å². The van der Waals surface area contributed by atoms with Crippen molar-refractivity contribution in [1.82, 2.24) is 14.5 Å². The van der Waals surface area contributed by atoms with Gasteiger partial charge in [-0.3, -0.25) is 9.55 Å². The third-order valence-electron chi connectivity index (χ3n) is 11.2. The van der Waals surface area contributed by atoms with E-state index in [-0.39, 0.29) is 22.6 Å². The number of phenolic OH excluding ortho intramolecular Hbond substituents is 1. The Bertz CT molecular complexity index is 2960. The number of hydrogen-bond acceptors (Lipinski definition) is 3. The lowest BCUT2D eigenvalue weighted by Crippen LogP contribution is -2.11. The van der Waals surface area contributed by atoms with Crippen LogP contribution in [0.15, 0.2) is 140 Å². The number of aryl methyl sites for hydroxylation is 2. The molecule has 0 amide bonds. The molecule has 290 valence electrons. The molecule has 1 N–H and O–H groups in total. The summed E-state index contributed by atoms with van der Waals surface area (Å²) < 4.78 is 37.8. The van der Waals surface area contributed by atoms with Crippen molar-refractivity contribution in [3.63, 3.8) is 0 Å². The lowest BCUT2D eigenvalue weighted by molar-refractivity contribution is 0.477. The number of benzene rings is 6. The molecule has 0 aliphatic heterocycles. The number of nitrogens with zero attached hydrogens (tertiary/aromatic N) is 3. The number of phenols is 1. The van der Waals surface area contributed by atoms with Crippen LogP contribution in [0.3, 0.4) is 0 Å². The van der Waals surface area contributed by atoms with Crippen LogP contribution in [0.25, 0.3) is 72.7 Å². The smallest absolute Gasteiger partial charge is 0.149 e. The highest BCUT2D eigenvalue weighted by Crippen LogP contribution is 2.42. The summed E-state index contributed by atoms with van der Waals surface area (Å²) in [5.74, 6) is -0.350. The first-order valence-electron chi connectivity index (χ1n) is 22.1. The van der Waals surface area contributed by atoms with E-state index in [1.54, 1.807) is 18.2 Å². The van der Waals surface area contributed by atoms with E-state index in [1.165, 1.54) is 5.56 Å². The van der Waals surface area contributed by atoms with Gasteiger partial charge in [-0.05, 0) is 136 Å². The van der Waals surface area contributed by atoms with Gasteiger partial charge >= 0.3 is 0 Å². The number of para-hydroxylation sites is 2. The minimum atomic E-state index is -2.53. The molecule has 4 heteroatoms. The fourth-order valence-corrected chi connectivity index (χ4v) is 7.97. The van der Waals surface area contributed by atoms with Crippen molar-refractivity contribution < 1.29 is 10.6 Å². The van der Waals surface area contributed by atoms with E-state index in [9.17, 15) is 5.11 Å². The Morgan fingerprint density at radius 1 is 0.672 bits per heavy atom. The average Bonchev–Trinajstić information content (AvgIpc) is 3.62. The molecule has 2 aromatic heterocycles. The fourth-order valence-electron chi connectivity index (χ4n) is 7.97. The van der Waals surface area contributed by atoms with E-state index in [1.807, 2.05) is 79.2 Å². The second kappa shape index (κ2) is 15.2. The number of hydrogen-bond donors (Lipinski definition) is 1. The molecular weight excluding hydrogens is 707 g/mol. The predicted molar refractivity (Wildman–Crippen MR) is 244 cm³/mol. The van der Waals surface area contributed by atoms with Crippen molar-refractivity contribution in [2.45, 2.75) is 79.5 Å². The molecule has 0 radical (unpaired) electrons. The predicted octanol–water partition coefficient (Wildman–Crippen LogP) is 14.6. The lowest BCUT2D eigenvalue weighted by atomic mass is 9.83. The number of aromatic hydroxyl groups is 1. The molecule has 8 aromatic rings. The molecule has 0 saturated carbocycles. The molecule has 58 heavy (non-hydrogen) atoms. The minimum absolute atomic E-state index is 0.0300. The second-order valence-electron chi connectivity index (χ2n) is 17.0. The van der Waals surface area contributed by atoms with Crippen molar-refractivity contribution >= 4 is 11.0 Å². The summed E-state index contributed by atoms with van der Waals surface area (Å²) in [7, 11) is 0. The van der Waals surface area contributed by atoms with Crippen LogP contribution in [0.2, 0.25) is 0 Å². The molecule has 4 nitrogen and oxygen atoms in total. The summed E-state index contributed by atoms with van der Waals surface area (Å²) in [5, 5.41) is 11.4. The molecule has 0 bridgehead atoms. The highest BCUT2D eigenvalue weighted by molar-refractivity contribution is 5.97.